The summed E-state index contributed by atoms with van der Waals surface area (Å²) in [6, 6.07) is 15.5. The van der Waals surface area contributed by atoms with Crippen molar-refractivity contribution >= 4 is 44.8 Å². The SMILES string of the molecule is Cc1ccc2[nH]ncc2c1NC(=O)c1cnc(Nc2cccc(-c3cccc(F)c3)n2)s1. The number of aryl methyl sites for hydroxylation is 1. The van der Waals surface area contributed by atoms with Gasteiger partial charge in [0, 0.05) is 10.9 Å². The molecule has 158 valence electrons. The summed E-state index contributed by atoms with van der Waals surface area (Å²) in [4.78, 5) is 22.1. The Balaban J connectivity index is 1.34. The van der Waals surface area contributed by atoms with Gasteiger partial charge in [-0.25, -0.2) is 14.4 Å². The van der Waals surface area contributed by atoms with Gasteiger partial charge in [0.2, 0.25) is 0 Å². The Kier molecular flexibility index (Phi) is 5.08. The van der Waals surface area contributed by atoms with Crippen molar-refractivity contribution in [2.24, 2.45) is 0 Å². The number of pyridine rings is 1. The summed E-state index contributed by atoms with van der Waals surface area (Å²) in [7, 11) is 0. The Morgan fingerprint density at radius 3 is 2.84 bits per heavy atom. The number of aromatic amines is 1. The summed E-state index contributed by atoms with van der Waals surface area (Å²) in [5.41, 5.74) is 3.81. The highest BCUT2D eigenvalue weighted by Crippen LogP contribution is 2.28. The van der Waals surface area contributed by atoms with Crippen molar-refractivity contribution in [1.82, 2.24) is 20.2 Å². The molecule has 2 aromatic carbocycles. The molecule has 9 heteroatoms. The third kappa shape index (κ3) is 3.93. The van der Waals surface area contributed by atoms with E-state index < -0.39 is 0 Å². The molecule has 0 aliphatic rings. The average Bonchev–Trinajstić information content (AvgIpc) is 3.46. The van der Waals surface area contributed by atoms with Crippen molar-refractivity contribution in [2.45, 2.75) is 6.92 Å². The third-order valence-electron chi connectivity index (χ3n) is 4.90. The standard InChI is InChI=1S/C23H17FN6OS/c1-13-8-9-18-16(11-26-30-18)21(13)29-22(31)19-12-25-23(32-19)28-20-7-3-6-17(27-20)14-4-2-5-15(24)10-14/h2-12H,1H3,(H,26,30)(H,29,31)(H,25,27,28). The van der Waals surface area contributed by atoms with E-state index in [4.69, 9.17) is 0 Å². The molecule has 3 aromatic heterocycles. The largest absolute Gasteiger partial charge is 0.320 e. The lowest BCUT2D eigenvalue weighted by atomic mass is 10.1. The molecule has 0 atom stereocenters. The fourth-order valence-corrected chi connectivity index (χ4v) is 4.05. The molecule has 3 N–H and O–H groups in total. The molecule has 5 rings (SSSR count). The van der Waals surface area contributed by atoms with E-state index in [1.807, 2.05) is 25.1 Å². The Bertz CT molecular complexity index is 1440. The zero-order chi connectivity index (χ0) is 22.1. The second kappa shape index (κ2) is 8.20. The Hall–Kier alpha value is -4.11. The smallest absolute Gasteiger partial charge is 0.267 e. The number of aromatic nitrogens is 4. The summed E-state index contributed by atoms with van der Waals surface area (Å²) >= 11 is 1.21. The fraction of sp³-hybridized carbons (Fsp3) is 0.0435. The van der Waals surface area contributed by atoms with E-state index in [0.717, 1.165) is 16.5 Å². The predicted molar refractivity (Wildman–Crippen MR) is 124 cm³/mol. The van der Waals surface area contributed by atoms with Crippen LogP contribution in [0.4, 0.5) is 21.0 Å². The van der Waals surface area contributed by atoms with Crippen LogP contribution >= 0.6 is 11.3 Å². The Morgan fingerprint density at radius 1 is 1.09 bits per heavy atom. The number of carbonyl (C=O) groups excluding carboxylic acids is 1. The molecule has 0 fully saturated rings. The monoisotopic (exact) mass is 444 g/mol. The quantitative estimate of drug-likeness (QED) is 0.332. The topological polar surface area (TPSA) is 95.6 Å². The number of H-pyrrole nitrogens is 1. The van der Waals surface area contributed by atoms with Crippen LogP contribution in [0.15, 0.2) is 67.0 Å². The van der Waals surface area contributed by atoms with Crippen molar-refractivity contribution in [1.29, 1.82) is 0 Å². The maximum Gasteiger partial charge on any atom is 0.267 e. The van der Waals surface area contributed by atoms with Crippen molar-refractivity contribution in [3.8, 4) is 11.3 Å². The van der Waals surface area contributed by atoms with E-state index in [9.17, 15) is 9.18 Å². The first-order valence-electron chi connectivity index (χ1n) is 9.77. The number of hydrogen-bond donors (Lipinski definition) is 3. The number of nitrogens with zero attached hydrogens (tertiary/aromatic N) is 3. The van der Waals surface area contributed by atoms with Crippen molar-refractivity contribution < 1.29 is 9.18 Å². The van der Waals surface area contributed by atoms with E-state index in [0.29, 0.717) is 32.8 Å². The van der Waals surface area contributed by atoms with E-state index in [1.165, 1.54) is 29.7 Å². The first-order valence-corrected chi connectivity index (χ1v) is 10.6. The normalized spacial score (nSPS) is 10.9. The second-order valence-electron chi connectivity index (χ2n) is 7.12. The summed E-state index contributed by atoms with van der Waals surface area (Å²) in [6.07, 6.45) is 3.21. The molecule has 0 aliphatic carbocycles. The van der Waals surface area contributed by atoms with Gasteiger partial charge in [-0.05, 0) is 42.8 Å². The number of anilines is 3. The molecule has 32 heavy (non-hydrogen) atoms. The van der Waals surface area contributed by atoms with Gasteiger partial charge in [-0.3, -0.25) is 9.89 Å². The molecule has 0 unspecified atom stereocenters. The van der Waals surface area contributed by atoms with Gasteiger partial charge in [-0.2, -0.15) is 5.10 Å². The zero-order valence-electron chi connectivity index (χ0n) is 16.9. The van der Waals surface area contributed by atoms with Gasteiger partial charge in [0.25, 0.3) is 5.91 Å². The predicted octanol–water partition coefficient (Wildman–Crippen LogP) is 5.52. The summed E-state index contributed by atoms with van der Waals surface area (Å²) in [5, 5.41) is 14.4. The minimum absolute atomic E-state index is 0.256. The van der Waals surface area contributed by atoms with Crippen LogP contribution in [-0.2, 0) is 0 Å². The van der Waals surface area contributed by atoms with Crippen LogP contribution in [0, 0.1) is 12.7 Å². The molecule has 0 spiro atoms. The van der Waals surface area contributed by atoms with Crippen molar-refractivity contribution in [2.75, 3.05) is 10.6 Å². The summed E-state index contributed by atoms with van der Waals surface area (Å²) in [5.74, 6) is -0.0273. The van der Waals surface area contributed by atoms with Crippen molar-refractivity contribution in [3.63, 3.8) is 0 Å². The molecule has 5 aromatic rings. The molecule has 0 radical (unpaired) electrons. The zero-order valence-corrected chi connectivity index (χ0v) is 17.7. The highest BCUT2D eigenvalue weighted by atomic mass is 32.1. The minimum Gasteiger partial charge on any atom is -0.320 e. The highest BCUT2D eigenvalue weighted by Gasteiger charge is 2.15. The lowest BCUT2D eigenvalue weighted by Gasteiger charge is -2.08. The maximum atomic E-state index is 13.5. The molecular formula is C23H17FN6OS. The Labute approximate surface area is 186 Å². The number of benzene rings is 2. The first-order chi connectivity index (χ1) is 15.6. The van der Waals surface area contributed by atoms with Gasteiger partial charge >= 0.3 is 0 Å². The van der Waals surface area contributed by atoms with Gasteiger partial charge in [-0.1, -0.05) is 35.6 Å². The number of thiazole rings is 1. The molecule has 0 aliphatic heterocycles. The maximum absolute atomic E-state index is 13.5. The Morgan fingerprint density at radius 2 is 1.97 bits per heavy atom. The van der Waals surface area contributed by atoms with Gasteiger partial charge < -0.3 is 10.6 Å². The minimum atomic E-state index is -0.320. The highest BCUT2D eigenvalue weighted by molar-refractivity contribution is 7.17. The molecule has 1 amide bonds. The molecular weight excluding hydrogens is 427 g/mol. The number of rotatable bonds is 5. The van der Waals surface area contributed by atoms with E-state index >= 15 is 0 Å². The first kappa shape index (κ1) is 19.8. The summed E-state index contributed by atoms with van der Waals surface area (Å²) in [6.45, 7) is 1.93. The van der Waals surface area contributed by atoms with Crippen LogP contribution in [0.3, 0.4) is 0 Å². The molecule has 3 heterocycles. The van der Waals surface area contributed by atoms with Gasteiger partial charge in [0.15, 0.2) is 5.13 Å². The average molecular weight is 444 g/mol. The molecule has 0 bridgehead atoms. The van der Waals surface area contributed by atoms with Crippen LogP contribution in [0.2, 0.25) is 0 Å². The van der Waals surface area contributed by atoms with E-state index in [2.05, 4.69) is 30.8 Å². The van der Waals surface area contributed by atoms with Gasteiger partial charge in [0.05, 0.1) is 29.3 Å². The van der Waals surface area contributed by atoms with Crippen LogP contribution in [0.1, 0.15) is 15.2 Å². The van der Waals surface area contributed by atoms with Gasteiger partial charge in [-0.15, -0.1) is 0 Å². The van der Waals surface area contributed by atoms with E-state index in [1.54, 1.807) is 30.5 Å². The number of halogens is 1. The van der Waals surface area contributed by atoms with Crippen LogP contribution in [0.25, 0.3) is 22.2 Å². The second-order valence-corrected chi connectivity index (χ2v) is 8.15. The lowest BCUT2D eigenvalue weighted by molar-refractivity contribution is 0.103. The lowest BCUT2D eigenvalue weighted by Crippen LogP contribution is -2.11. The fourth-order valence-electron chi connectivity index (χ4n) is 3.33. The van der Waals surface area contributed by atoms with Crippen LogP contribution < -0.4 is 10.6 Å². The molecule has 0 saturated heterocycles. The number of fused-ring (bicyclic) bond motifs is 1. The summed E-state index contributed by atoms with van der Waals surface area (Å²) < 4.78 is 13.5. The van der Waals surface area contributed by atoms with Crippen LogP contribution in [-0.4, -0.2) is 26.1 Å². The van der Waals surface area contributed by atoms with Crippen molar-refractivity contribution in [3.05, 3.63) is 83.2 Å². The third-order valence-corrected chi connectivity index (χ3v) is 5.82. The number of carbonyl (C=O) groups is 1. The van der Waals surface area contributed by atoms with E-state index in [-0.39, 0.29) is 11.7 Å². The molecule has 0 saturated carbocycles. The van der Waals surface area contributed by atoms with Crippen LogP contribution in [0.5, 0.6) is 0 Å². The number of nitrogens with one attached hydrogen (secondary N) is 3. The number of amides is 1. The molecule has 7 nitrogen and oxygen atoms in total. The number of hydrogen-bond acceptors (Lipinski definition) is 6. The van der Waals surface area contributed by atoms with Gasteiger partial charge in [0.1, 0.15) is 16.5 Å².